The fourth-order valence-electron chi connectivity index (χ4n) is 2.94. The Morgan fingerprint density at radius 2 is 2.10 bits per heavy atom. The second-order valence-corrected chi connectivity index (χ2v) is 10.6. The molecule has 1 aliphatic rings. The van der Waals surface area contributed by atoms with E-state index in [1.807, 2.05) is 13.0 Å². The van der Waals surface area contributed by atoms with Gasteiger partial charge in [0, 0.05) is 35.4 Å². The summed E-state index contributed by atoms with van der Waals surface area (Å²) in [5.41, 5.74) is 0.371. The first kappa shape index (κ1) is 24.0. The van der Waals surface area contributed by atoms with E-state index in [-0.39, 0.29) is 24.4 Å². The Morgan fingerprint density at radius 3 is 2.69 bits per heavy atom. The lowest BCUT2D eigenvalue weighted by atomic mass is 10.2. The van der Waals surface area contributed by atoms with Crippen molar-refractivity contribution in [3.63, 3.8) is 0 Å². The number of hydrogen-bond acceptors (Lipinski definition) is 5. The summed E-state index contributed by atoms with van der Waals surface area (Å²) in [5.74, 6) is 0. The second-order valence-electron chi connectivity index (χ2n) is 7.11. The summed E-state index contributed by atoms with van der Waals surface area (Å²) in [7, 11) is -2.11. The summed E-state index contributed by atoms with van der Waals surface area (Å²) in [4.78, 5) is 12.1. The Kier molecular flexibility index (Phi) is 8.39. The summed E-state index contributed by atoms with van der Waals surface area (Å²) < 4.78 is 29.8. The molecule has 0 saturated heterocycles. The zero-order chi connectivity index (χ0) is 21.7. The number of rotatable bonds is 11. The van der Waals surface area contributed by atoms with Gasteiger partial charge in [-0.15, -0.1) is 0 Å². The lowest BCUT2D eigenvalue weighted by Crippen LogP contribution is -2.31. The van der Waals surface area contributed by atoms with Crippen molar-refractivity contribution in [2.24, 2.45) is 7.05 Å². The van der Waals surface area contributed by atoms with Crippen LogP contribution in [0.4, 0.5) is 11.4 Å². The van der Waals surface area contributed by atoms with Crippen molar-refractivity contribution in [3.8, 4) is 0 Å². The molecular formula is C19H27BrClN3O4S. The van der Waals surface area contributed by atoms with Crippen LogP contribution in [0.1, 0.15) is 39.0 Å². The van der Waals surface area contributed by atoms with Gasteiger partial charge in [-0.1, -0.05) is 40.5 Å². The van der Waals surface area contributed by atoms with Gasteiger partial charge in [-0.25, -0.2) is 8.42 Å². The van der Waals surface area contributed by atoms with Crippen LogP contribution in [0.25, 0.3) is 0 Å². The summed E-state index contributed by atoms with van der Waals surface area (Å²) >= 11 is 9.64. The Hall–Kier alpha value is -1.29. The van der Waals surface area contributed by atoms with E-state index in [1.54, 1.807) is 13.1 Å². The molecule has 0 amide bonds. The Morgan fingerprint density at radius 1 is 1.41 bits per heavy atom. The highest BCUT2D eigenvalue weighted by Gasteiger charge is 2.54. The van der Waals surface area contributed by atoms with Gasteiger partial charge in [-0.2, -0.15) is 0 Å². The Balaban J connectivity index is 2.24. The third kappa shape index (κ3) is 6.34. The molecule has 0 aromatic carbocycles. The molecule has 0 aliphatic heterocycles. The molecule has 3 N–H and O–H groups in total. The number of nitrogens with zero attached hydrogens (tertiary/aromatic N) is 1. The summed E-state index contributed by atoms with van der Waals surface area (Å²) in [6, 6.07) is 1.34. The molecule has 0 spiro atoms. The quantitative estimate of drug-likeness (QED) is 0.396. The van der Waals surface area contributed by atoms with E-state index in [0.29, 0.717) is 36.4 Å². The number of hydrogen-bond donors (Lipinski definition) is 3. The van der Waals surface area contributed by atoms with Crippen molar-refractivity contribution in [3.05, 3.63) is 44.3 Å². The van der Waals surface area contributed by atoms with Gasteiger partial charge in [0.1, 0.15) is 0 Å². The predicted molar refractivity (Wildman–Crippen MR) is 122 cm³/mol. The molecular weight excluding hydrogens is 482 g/mol. The van der Waals surface area contributed by atoms with Crippen LogP contribution in [0.2, 0.25) is 0 Å². The standard InChI is InChI=1S/C19H27BrClN3O4S/c1-3-5-14(20)10-15(21)12-22-16-11-18(26)24(2)13-17(16)23-29(27,28)19(7-8-19)6-4-9-25/h5,10-11,13,22-23,25H,3-4,6-9,12H2,1-2H3/b14-5+,15-10+. The number of pyridine rings is 1. The lowest BCUT2D eigenvalue weighted by molar-refractivity contribution is 0.282. The van der Waals surface area contributed by atoms with Gasteiger partial charge in [-0.3, -0.25) is 9.52 Å². The second kappa shape index (κ2) is 10.1. The molecule has 0 bridgehead atoms. The van der Waals surface area contributed by atoms with Gasteiger partial charge < -0.3 is 15.0 Å². The summed E-state index contributed by atoms with van der Waals surface area (Å²) in [5, 5.41) is 12.6. The van der Waals surface area contributed by atoms with E-state index in [9.17, 15) is 13.2 Å². The molecule has 10 heteroatoms. The van der Waals surface area contributed by atoms with Crippen LogP contribution in [0, 0.1) is 0 Å². The number of aliphatic hydroxyl groups is 1. The predicted octanol–water partition coefficient (Wildman–Crippen LogP) is 3.66. The first-order valence-electron chi connectivity index (χ1n) is 9.43. The van der Waals surface area contributed by atoms with Crippen LogP contribution in [-0.2, 0) is 17.1 Å². The van der Waals surface area contributed by atoms with Gasteiger partial charge in [-0.05, 0) is 38.2 Å². The molecule has 29 heavy (non-hydrogen) atoms. The minimum atomic E-state index is -3.67. The molecule has 0 atom stereocenters. The fraction of sp³-hybridized carbons (Fsp3) is 0.526. The molecule has 1 fully saturated rings. The molecule has 162 valence electrons. The summed E-state index contributed by atoms with van der Waals surface area (Å²) in [6.45, 7) is 2.19. The molecule has 1 saturated carbocycles. The monoisotopic (exact) mass is 507 g/mol. The number of nitrogens with one attached hydrogen (secondary N) is 2. The van der Waals surface area contributed by atoms with Crippen LogP contribution >= 0.6 is 27.5 Å². The van der Waals surface area contributed by atoms with Crippen molar-refractivity contribution >= 4 is 48.9 Å². The maximum Gasteiger partial charge on any atom is 0.252 e. The molecule has 7 nitrogen and oxygen atoms in total. The van der Waals surface area contributed by atoms with Gasteiger partial charge in [0.25, 0.3) is 5.56 Å². The van der Waals surface area contributed by atoms with Crippen LogP contribution < -0.4 is 15.6 Å². The van der Waals surface area contributed by atoms with E-state index in [4.69, 9.17) is 16.7 Å². The highest BCUT2D eigenvalue weighted by atomic mass is 79.9. The molecule has 1 aliphatic carbocycles. The van der Waals surface area contributed by atoms with Crippen molar-refractivity contribution in [2.45, 2.75) is 43.8 Å². The van der Waals surface area contributed by atoms with E-state index in [2.05, 4.69) is 26.0 Å². The number of halogens is 2. The summed E-state index contributed by atoms with van der Waals surface area (Å²) in [6.07, 6.45) is 7.97. The number of anilines is 2. The van der Waals surface area contributed by atoms with Gasteiger partial charge in [0.05, 0.1) is 22.7 Å². The average molecular weight is 509 g/mol. The highest BCUT2D eigenvalue weighted by Crippen LogP contribution is 2.48. The Labute approximate surface area is 185 Å². The van der Waals surface area contributed by atoms with E-state index in [0.717, 1.165) is 10.9 Å². The number of aryl methyl sites for hydroxylation is 1. The third-order valence-electron chi connectivity index (χ3n) is 4.78. The van der Waals surface area contributed by atoms with Crippen molar-refractivity contribution in [2.75, 3.05) is 23.2 Å². The van der Waals surface area contributed by atoms with Gasteiger partial charge >= 0.3 is 0 Å². The minimum Gasteiger partial charge on any atom is -0.396 e. The Bertz CT molecular complexity index is 953. The van der Waals surface area contributed by atoms with Crippen LogP contribution in [-0.4, -0.2) is 36.0 Å². The SMILES string of the molecule is CC/C=C(Br)\C=C(\Cl)CNc1cc(=O)n(C)cc1NS(=O)(=O)C1(CCCO)CC1. The lowest BCUT2D eigenvalue weighted by Gasteiger charge is -2.20. The first-order chi connectivity index (χ1) is 13.6. The van der Waals surface area contributed by atoms with Crippen molar-refractivity contribution in [1.82, 2.24) is 4.57 Å². The minimum absolute atomic E-state index is 0.0449. The smallest absolute Gasteiger partial charge is 0.252 e. The van der Waals surface area contributed by atoms with E-state index in [1.165, 1.54) is 16.8 Å². The number of aliphatic hydroxyl groups excluding tert-OH is 1. The average Bonchev–Trinajstić information content (AvgIpc) is 3.43. The molecule has 1 aromatic heterocycles. The van der Waals surface area contributed by atoms with Gasteiger partial charge in [0.15, 0.2) is 0 Å². The molecule has 1 heterocycles. The van der Waals surface area contributed by atoms with Crippen LogP contribution in [0.3, 0.4) is 0 Å². The number of allylic oxidation sites excluding steroid dienone is 3. The topological polar surface area (TPSA) is 100 Å². The van der Waals surface area contributed by atoms with Crippen molar-refractivity contribution < 1.29 is 13.5 Å². The zero-order valence-corrected chi connectivity index (χ0v) is 19.7. The first-order valence-corrected chi connectivity index (χ1v) is 12.1. The zero-order valence-electron chi connectivity index (χ0n) is 16.5. The highest BCUT2D eigenvalue weighted by molar-refractivity contribution is 9.11. The molecule has 0 unspecified atom stereocenters. The molecule has 0 radical (unpaired) electrons. The molecule has 1 aromatic rings. The maximum absolute atomic E-state index is 12.9. The third-order valence-corrected chi connectivity index (χ3v) is 7.82. The van der Waals surface area contributed by atoms with Crippen molar-refractivity contribution in [1.29, 1.82) is 0 Å². The number of sulfonamides is 1. The number of aromatic nitrogens is 1. The normalized spacial score (nSPS) is 16.6. The fourth-order valence-corrected chi connectivity index (χ4v) is 5.58. The van der Waals surface area contributed by atoms with Gasteiger partial charge in [0.2, 0.25) is 10.0 Å². The van der Waals surface area contributed by atoms with Crippen LogP contribution in [0.15, 0.2) is 38.7 Å². The van der Waals surface area contributed by atoms with E-state index < -0.39 is 14.8 Å². The molecule has 2 rings (SSSR count). The maximum atomic E-state index is 12.9. The largest absolute Gasteiger partial charge is 0.396 e. The van der Waals surface area contributed by atoms with E-state index >= 15 is 0 Å². The van der Waals surface area contributed by atoms with Crippen LogP contribution in [0.5, 0.6) is 0 Å².